The molecule has 1 aliphatic rings. The average Bonchev–Trinajstić information content (AvgIpc) is 2.45. The van der Waals surface area contributed by atoms with Gasteiger partial charge in [0.2, 0.25) is 0 Å². The number of pyridine rings is 1. The molecule has 0 unspecified atom stereocenters. The van der Waals surface area contributed by atoms with Crippen LogP contribution in [0.5, 0.6) is 0 Å². The van der Waals surface area contributed by atoms with Gasteiger partial charge in [-0.25, -0.2) is 14.6 Å². The molecule has 1 aromatic heterocycles. The minimum Gasteiger partial charge on any atom is -0.478 e. The Morgan fingerprint density at radius 2 is 1.77 bits per heavy atom. The summed E-state index contributed by atoms with van der Waals surface area (Å²) in [6.45, 7) is 3.11. The number of hydrogen-bond acceptors (Lipinski definition) is 5. The van der Waals surface area contributed by atoms with Gasteiger partial charge in [0.1, 0.15) is 11.8 Å². The normalized spacial score (nSPS) is 15.3. The summed E-state index contributed by atoms with van der Waals surface area (Å²) in [5.41, 5.74) is 0.744. The monoisotopic (exact) mass is 299 g/mol. The summed E-state index contributed by atoms with van der Waals surface area (Å²) >= 11 is 0. The fourth-order valence-electron chi connectivity index (χ4n) is 2.62. The summed E-state index contributed by atoms with van der Waals surface area (Å²) in [4.78, 5) is 27.1. The van der Waals surface area contributed by atoms with Crippen LogP contribution in [-0.2, 0) is 9.59 Å². The third kappa shape index (κ3) is 2.42. The van der Waals surface area contributed by atoms with Gasteiger partial charge in [-0.3, -0.25) is 0 Å². The minimum atomic E-state index is -1.24. The standard InChI is InChI=1S/C15H13N3O4/c1-7-11(14(19)20)13(12(15(21)22)8(2)18-7)9-4-3-5-17-10(9)6-16/h3-5,13,18H,1-2H3,(H,19,20)(H,21,22). The molecule has 0 saturated heterocycles. The zero-order valence-electron chi connectivity index (χ0n) is 11.9. The number of carboxylic acid groups (broad SMARTS) is 2. The van der Waals surface area contributed by atoms with Crippen molar-refractivity contribution in [3.8, 4) is 6.07 Å². The number of aromatic nitrogens is 1. The maximum absolute atomic E-state index is 11.6. The van der Waals surface area contributed by atoms with E-state index in [1.807, 2.05) is 6.07 Å². The van der Waals surface area contributed by atoms with E-state index in [0.29, 0.717) is 11.4 Å². The maximum atomic E-state index is 11.6. The lowest BCUT2D eigenvalue weighted by atomic mass is 9.80. The number of carboxylic acids is 2. The Labute approximate surface area is 126 Å². The number of hydrogen-bond donors (Lipinski definition) is 3. The van der Waals surface area contributed by atoms with Gasteiger partial charge in [-0.1, -0.05) is 6.07 Å². The van der Waals surface area contributed by atoms with Gasteiger partial charge in [-0.15, -0.1) is 0 Å². The van der Waals surface area contributed by atoms with Crippen molar-refractivity contribution < 1.29 is 19.8 Å². The molecule has 0 saturated carbocycles. The first-order valence-corrected chi connectivity index (χ1v) is 6.38. The van der Waals surface area contributed by atoms with E-state index in [-0.39, 0.29) is 22.4 Å². The average molecular weight is 299 g/mol. The molecule has 3 N–H and O–H groups in total. The van der Waals surface area contributed by atoms with Crippen molar-refractivity contribution in [2.24, 2.45) is 0 Å². The zero-order chi connectivity index (χ0) is 16.4. The fraction of sp³-hybridized carbons (Fsp3) is 0.200. The SMILES string of the molecule is CC1=C(C(=O)O)C(c2cccnc2C#N)C(C(=O)O)=C(C)N1. The van der Waals surface area contributed by atoms with Crippen LogP contribution >= 0.6 is 0 Å². The van der Waals surface area contributed by atoms with E-state index in [0.717, 1.165) is 0 Å². The second kappa shape index (κ2) is 5.69. The first-order valence-electron chi connectivity index (χ1n) is 6.38. The van der Waals surface area contributed by atoms with Crippen LogP contribution < -0.4 is 5.32 Å². The highest BCUT2D eigenvalue weighted by Gasteiger charge is 2.37. The van der Waals surface area contributed by atoms with E-state index < -0.39 is 17.9 Å². The molecule has 2 heterocycles. The Balaban J connectivity index is 2.79. The third-order valence-electron chi connectivity index (χ3n) is 3.48. The number of nitriles is 1. The van der Waals surface area contributed by atoms with Gasteiger partial charge in [0.05, 0.1) is 17.1 Å². The molecule has 2 rings (SSSR count). The lowest BCUT2D eigenvalue weighted by Gasteiger charge is -2.28. The summed E-state index contributed by atoms with van der Waals surface area (Å²) in [5, 5.41) is 30.9. The summed E-state index contributed by atoms with van der Waals surface area (Å²) in [5.74, 6) is -3.54. The number of rotatable bonds is 3. The number of carbonyl (C=O) groups is 2. The molecule has 0 bridgehead atoms. The Morgan fingerprint density at radius 3 is 2.23 bits per heavy atom. The number of nitrogens with one attached hydrogen (secondary N) is 1. The number of aliphatic carboxylic acids is 2. The lowest BCUT2D eigenvalue weighted by molar-refractivity contribution is -0.133. The van der Waals surface area contributed by atoms with E-state index in [1.54, 1.807) is 19.9 Å². The van der Waals surface area contributed by atoms with Gasteiger partial charge in [0.15, 0.2) is 0 Å². The zero-order valence-corrected chi connectivity index (χ0v) is 11.9. The Kier molecular flexibility index (Phi) is 3.95. The molecule has 7 heteroatoms. The fourth-order valence-corrected chi connectivity index (χ4v) is 2.62. The molecule has 0 aliphatic carbocycles. The van der Waals surface area contributed by atoms with E-state index in [9.17, 15) is 25.1 Å². The van der Waals surface area contributed by atoms with Crippen LogP contribution in [0.3, 0.4) is 0 Å². The van der Waals surface area contributed by atoms with Crippen LogP contribution in [0.15, 0.2) is 40.9 Å². The summed E-state index contributed by atoms with van der Waals surface area (Å²) in [6.07, 6.45) is 1.40. The second-order valence-corrected chi connectivity index (χ2v) is 4.80. The van der Waals surface area contributed by atoms with E-state index in [4.69, 9.17) is 0 Å². The van der Waals surface area contributed by atoms with E-state index in [1.165, 1.54) is 12.3 Å². The molecule has 0 fully saturated rings. The molecule has 22 heavy (non-hydrogen) atoms. The molecule has 0 atom stereocenters. The molecule has 1 aromatic rings. The first-order chi connectivity index (χ1) is 10.4. The van der Waals surface area contributed by atoms with Crippen molar-refractivity contribution in [3.05, 3.63) is 52.1 Å². The van der Waals surface area contributed by atoms with Gasteiger partial charge in [-0.05, 0) is 19.9 Å². The largest absolute Gasteiger partial charge is 0.478 e. The quantitative estimate of drug-likeness (QED) is 0.769. The third-order valence-corrected chi connectivity index (χ3v) is 3.48. The van der Waals surface area contributed by atoms with Crippen molar-refractivity contribution in [2.75, 3.05) is 0 Å². The second-order valence-electron chi connectivity index (χ2n) is 4.80. The van der Waals surface area contributed by atoms with Crippen LogP contribution in [0.2, 0.25) is 0 Å². The van der Waals surface area contributed by atoms with Crippen LogP contribution in [0.4, 0.5) is 0 Å². The highest BCUT2D eigenvalue weighted by atomic mass is 16.4. The number of allylic oxidation sites excluding steroid dienone is 2. The Morgan fingerprint density at radius 1 is 1.23 bits per heavy atom. The van der Waals surface area contributed by atoms with Crippen LogP contribution in [0.25, 0.3) is 0 Å². The molecular formula is C15H13N3O4. The van der Waals surface area contributed by atoms with Crippen LogP contribution in [0.1, 0.15) is 31.0 Å². The van der Waals surface area contributed by atoms with Crippen LogP contribution in [0, 0.1) is 11.3 Å². The van der Waals surface area contributed by atoms with Gasteiger partial charge in [0.25, 0.3) is 0 Å². The van der Waals surface area contributed by atoms with Crippen molar-refractivity contribution in [1.29, 1.82) is 5.26 Å². The van der Waals surface area contributed by atoms with Crippen LogP contribution in [-0.4, -0.2) is 27.1 Å². The summed E-state index contributed by atoms with van der Waals surface area (Å²) in [7, 11) is 0. The van der Waals surface area contributed by atoms with Gasteiger partial charge < -0.3 is 15.5 Å². The predicted molar refractivity (Wildman–Crippen MR) is 75.5 cm³/mol. The molecule has 0 radical (unpaired) electrons. The molecule has 0 aromatic carbocycles. The number of dihydropyridines is 1. The summed E-state index contributed by atoms with van der Waals surface area (Å²) in [6, 6.07) is 4.94. The Hall–Kier alpha value is -3.14. The molecular weight excluding hydrogens is 286 g/mol. The molecule has 0 amide bonds. The minimum absolute atomic E-state index is 0.00694. The molecule has 112 valence electrons. The topological polar surface area (TPSA) is 123 Å². The van der Waals surface area contributed by atoms with Crippen molar-refractivity contribution in [2.45, 2.75) is 19.8 Å². The van der Waals surface area contributed by atoms with Crippen molar-refractivity contribution >= 4 is 11.9 Å². The highest BCUT2D eigenvalue weighted by molar-refractivity contribution is 5.98. The molecule has 0 spiro atoms. The van der Waals surface area contributed by atoms with E-state index in [2.05, 4.69) is 10.3 Å². The smallest absolute Gasteiger partial charge is 0.334 e. The van der Waals surface area contributed by atoms with Gasteiger partial charge in [0, 0.05) is 23.2 Å². The highest BCUT2D eigenvalue weighted by Crippen LogP contribution is 2.38. The lowest BCUT2D eigenvalue weighted by Crippen LogP contribution is -2.31. The maximum Gasteiger partial charge on any atom is 0.334 e. The molecule has 1 aliphatic heterocycles. The van der Waals surface area contributed by atoms with Crippen molar-refractivity contribution in [1.82, 2.24) is 10.3 Å². The summed E-state index contributed by atoms with van der Waals surface area (Å²) < 4.78 is 0. The van der Waals surface area contributed by atoms with Gasteiger partial charge in [-0.2, -0.15) is 5.26 Å². The van der Waals surface area contributed by atoms with Crippen molar-refractivity contribution in [3.63, 3.8) is 0 Å². The predicted octanol–water partition coefficient (Wildman–Crippen LogP) is 1.36. The first kappa shape index (κ1) is 15.3. The number of nitrogens with zero attached hydrogens (tertiary/aromatic N) is 2. The van der Waals surface area contributed by atoms with E-state index >= 15 is 0 Å². The molecule has 7 nitrogen and oxygen atoms in total. The Bertz CT molecular complexity index is 735. The van der Waals surface area contributed by atoms with Gasteiger partial charge >= 0.3 is 11.9 Å².